The number of aromatic nitrogens is 2. The monoisotopic (exact) mass is 434 g/mol. The van der Waals surface area contributed by atoms with Crippen molar-refractivity contribution in [1.82, 2.24) is 14.5 Å². The minimum Gasteiger partial charge on any atom is -0.510 e. The van der Waals surface area contributed by atoms with E-state index in [0.29, 0.717) is 50.1 Å². The first-order valence-electron chi connectivity index (χ1n) is 11.2. The van der Waals surface area contributed by atoms with E-state index in [1.807, 2.05) is 68.1 Å². The third-order valence-electron chi connectivity index (χ3n) is 5.65. The molecule has 0 aliphatic carbocycles. The molecule has 4 rings (SSSR count). The summed E-state index contributed by atoms with van der Waals surface area (Å²) in [6.07, 6.45) is 0.722. The van der Waals surface area contributed by atoms with Crippen LogP contribution in [0.25, 0.3) is 16.6 Å². The predicted octanol–water partition coefficient (Wildman–Crippen LogP) is 4.66. The highest BCUT2D eigenvalue weighted by molar-refractivity contribution is 6.23. The lowest BCUT2D eigenvalue weighted by molar-refractivity contribution is 0.287. The molecule has 7 heteroatoms. The van der Waals surface area contributed by atoms with E-state index < -0.39 is 0 Å². The maximum atomic E-state index is 10.7. The number of aliphatic hydroxyl groups excluding tert-OH is 1. The number of imidazole rings is 1. The van der Waals surface area contributed by atoms with Crippen molar-refractivity contribution >= 4 is 22.4 Å². The Morgan fingerprint density at radius 3 is 2.53 bits per heavy atom. The van der Waals surface area contributed by atoms with Gasteiger partial charge in [0.1, 0.15) is 17.4 Å². The van der Waals surface area contributed by atoms with Crippen LogP contribution in [0, 0.1) is 5.41 Å². The largest absolute Gasteiger partial charge is 0.510 e. The van der Waals surface area contributed by atoms with Crippen LogP contribution >= 0.6 is 0 Å². The molecule has 2 aromatic carbocycles. The van der Waals surface area contributed by atoms with E-state index in [4.69, 9.17) is 19.9 Å². The summed E-state index contributed by atoms with van der Waals surface area (Å²) in [4.78, 5) is 6.62. The van der Waals surface area contributed by atoms with E-state index in [2.05, 4.69) is 4.57 Å². The van der Waals surface area contributed by atoms with Crippen molar-refractivity contribution in [3.63, 3.8) is 0 Å². The Kier molecular flexibility index (Phi) is 6.35. The zero-order valence-electron chi connectivity index (χ0n) is 18.9. The molecule has 0 amide bonds. The van der Waals surface area contributed by atoms with Crippen molar-refractivity contribution < 1.29 is 14.6 Å². The predicted molar refractivity (Wildman–Crippen MR) is 127 cm³/mol. The number of ether oxygens (including phenoxy) is 2. The molecule has 168 valence electrons. The summed E-state index contributed by atoms with van der Waals surface area (Å²) in [7, 11) is 0. The SMILES string of the molecule is CCOc1ccc(CCN2CC(O)=C(c3nc4ccccc4n3CC)C2=N)cc1OCC. The van der Waals surface area contributed by atoms with Gasteiger partial charge in [-0.3, -0.25) is 5.41 Å². The fourth-order valence-electron chi connectivity index (χ4n) is 4.16. The molecule has 2 heterocycles. The van der Waals surface area contributed by atoms with Gasteiger partial charge >= 0.3 is 0 Å². The number of hydrogen-bond donors (Lipinski definition) is 2. The third kappa shape index (κ3) is 4.02. The van der Waals surface area contributed by atoms with Crippen LogP contribution in [-0.2, 0) is 13.0 Å². The first-order valence-corrected chi connectivity index (χ1v) is 11.2. The Balaban J connectivity index is 1.52. The van der Waals surface area contributed by atoms with Gasteiger partial charge in [-0.2, -0.15) is 0 Å². The van der Waals surface area contributed by atoms with Gasteiger partial charge in [0.2, 0.25) is 0 Å². The first-order chi connectivity index (χ1) is 15.6. The van der Waals surface area contributed by atoms with Crippen LogP contribution in [0.1, 0.15) is 32.2 Å². The molecule has 1 aliphatic rings. The smallest absolute Gasteiger partial charge is 0.161 e. The molecule has 0 unspecified atom stereocenters. The number of aliphatic hydroxyl groups is 1. The summed E-state index contributed by atoms with van der Waals surface area (Å²) in [5.41, 5.74) is 3.49. The van der Waals surface area contributed by atoms with E-state index in [9.17, 15) is 5.11 Å². The molecule has 0 radical (unpaired) electrons. The summed E-state index contributed by atoms with van der Waals surface area (Å²) in [6.45, 7) is 8.75. The van der Waals surface area contributed by atoms with E-state index >= 15 is 0 Å². The van der Waals surface area contributed by atoms with E-state index in [0.717, 1.165) is 34.5 Å². The van der Waals surface area contributed by atoms with Crippen molar-refractivity contribution in [3.05, 3.63) is 59.6 Å². The Bertz CT molecular complexity index is 1170. The van der Waals surface area contributed by atoms with Gasteiger partial charge in [-0.05, 0) is 57.0 Å². The third-order valence-corrected chi connectivity index (χ3v) is 5.65. The summed E-state index contributed by atoms with van der Waals surface area (Å²) in [5.74, 6) is 2.64. The average Bonchev–Trinajstić information content (AvgIpc) is 3.29. The van der Waals surface area contributed by atoms with E-state index in [-0.39, 0.29) is 5.76 Å². The van der Waals surface area contributed by atoms with Gasteiger partial charge in [-0.15, -0.1) is 0 Å². The molecule has 32 heavy (non-hydrogen) atoms. The molecule has 7 nitrogen and oxygen atoms in total. The van der Waals surface area contributed by atoms with Crippen LogP contribution in [0.4, 0.5) is 0 Å². The van der Waals surface area contributed by atoms with Crippen molar-refractivity contribution in [3.8, 4) is 11.5 Å². The number of amidine groups is 1. The zero-order chi connectivity index (χ0) is 22.7. The summed E-state index contributed by atoms with van der Waals surface area (Å²) in [5, 5.41) is 19.5. The fourth-order valence-corrected chi connectivity index (χ4v) is 4.16. The van der Waals surface area contributed by atoms with Gasteiger partial charge in [0.05, 0.1) is 36.4 Å². The van der Waals surface area contributed by atoms with Crippen LogP contribution in [-0.4, -0.2) is 51.7 Å². The Morgan fingerprint density at radius 2 is 1.78 bits per heavy atom. The van der Waals surface area contributed by atoms with Crippen LogP contribution in [0.3, 0.4) is 0 Å². The second kappa shape index (κ2) is 9.34. The molecule has 0 bridgehead atoms. The lowest BCUT2D eigenvalue weighted by Gasteiger charge is -2.19. The summed E-state index contributed by atoms with van der Waals surface area (Å²) in [6, 6.07) is 13.9. The maximum absolute atomic E-state index is 10.7. The van der Waals surface area contributed by atoms with Crippen LogP contribution in [0.15, 0.2) is 48.2 Å². The molecule has 0 saturated carbocycles. The molecule has 1 aliphatic heterocycles. The maximum Gasteiger partial charge on any atom is 0.161 e. The summed E-state index contributed by atoms with van der Waals surface area (Å²) < 4.78 is 13.4. The number of para-hydroxylation sites is 2. The van der Waals surface area contributed by atoms with Gasteiger partial charge in [-0.1, -0.05) is 18.2 Å². The van der Waals surface area contributed by atoms with Gasteiger partial charge < -0.3 is 24.0 Å². The van der Waals surface area contributed by atoms with Crippen molar-refractivity contribution in [2.75, 3.05) is 26.3 Å². The van der Waals surface area contributed by atoms with E-state index in [1.54, 1.807) is 0 Å². The number of nitrogens with one attached hydrogen (secondary N) is 1. The Morgan fingerprint density at radius 1 is 1.03 bits per heavy atom. The molecule has 0 fully saturated rings. The quantitative estimate of drug-likeness (QED) is 0.512. The lowest BCUT2D eigenvalue weighted by Crippen LogP contribution is -2.29. The molecule has 0 atom stereocenters. The number of hydrogen-bond acceptors (Lipinski definition) is 5. The van der Waals surface area contributed by atoms with Gasteiger partial charge in [0.15, 0.2) is 11.5 Å². The Hall–Kier alpha value is -3.48. The molecule has 0 saturated heterocycles. The van der Waals surface area contributed by atoms with Gasteiger partial charge in [0.25, 0.3) is 0 Å². The number of rotatable bonds is 9. The number of benzene rings is 2. The van der Waals surface area contributed by atoms with Crippen LogP contribution < -0.4 is 9.47 Å². The fraction of sp³-hybridized carbons (Fsp3) is 0.360. The van der Waals surface area contributed by atoms with Crippen LogP contribution in [0.5, 0.6) is 11.5 Å². The first kappa shape index (κ1) is 21.7. The molecule has 2 N–H and O–H groups in total. The standard InChI is InChI=1S/C25H30N4O3/c1-4-29-19-10-8-7-9-18(19)27-25(29)23-20(30)16-28(24(23)26)14-13-17-11-12-21(31-5-2)22(15-17)32-6-3/h7-12,15,26,30H,4-6,13-14,16H2,1-3H3. The number of nitrogens with zero attached hydrogens (tertiary/aromatic N) is 3. The normalized spacial score (nSPS) is 14.0. The molecule has 3 aromatic rings. The van der Waals surface area contributed by atoms with Gasteiger partial charge in [-0.25, -0.2) is 4.98 Å². The Labute approximate surface area is 188 Å². The minimum absolute atomic E-state index is 0.196. The number of aryl methyl sites for hydroxylation is 1. The van der Waals surface area contributed by atoms with E-state index in [1.165, 1.54) is 0 Å². The van der Waals surface area contributed by atoms with Gasteiger partial charge in [0, 0.05) is 13.1 Å². The molecular formula is C25H30N4O3. The summed E-state index contributed by atoms with van der Waals surface area (Å²) >= 11 is 0. The topological polar surface area (TPSA) is 83.6 Å². The second-order valence-electron chi connectivity index (χ2n) is 7.66. The average molecular weight is 435 g/mol. The van der Waals surface area contributed by atoms with Crippen molar-refractivity contribution in [2.45, 2.75) is 33.7 Å². The second-order valence-corrected chi connectivity index (χ2v) is 7.66. The van der Waals surface area contributed by atoms with Crippen LogP contribution in [0.2, 0.25) is 0 Å². The highest BCUT2D eigenvalue weighted by Crippen LogP contribution is 2.31. The lowest BCUT2D eigenvalue weighted by atomic mass is 10.1. The van der Waals surface area contributed by atoms with Crippen molar-refractivity contribution in [1.29, 1.82) is 5.41 Å². The zero-order valence-corrected chi connectivity index (χ0v) is 18.9. The molecular weight excluding hydrogens is 404 g/mol. The minimum atomic E-state index is 0.196. The highest BCUT2D eigenvalue weighted by atomic mass is 16.5. The number of fused-ring (bicyclic) bond motifs is 1. The highest BCUT2D eigenvalue weighted by Gasteiger charge is 2.31. The molecule has 1 aromatic heterocycles. The van der Waals surface area contributed by atoms with Crippen molar-refractivity contribution in [2.24, 2.45) is 0 Å². The molecule has 0 spiro atoms.